The van der Waals surface area contributed by atoms with Gasteiger partial charge in [0.1, 0.15) is 6.54 Å². The fraction of sp³-hybridized carbons (Fsp3) is 0.342. The number of nitrogens with one attached hydrogen (secondary N) is 1. The first kappa shape index (κ1) is 37.0. The van der Waals surface area contributed by atoms with Crippen molar-refractivity contribution in [2.24, 2.45) is 0 Å². The third kappa shape index (κ3) is 12.4. The van der Waals surface area contributed by atoms with Gasteiger partial charge >= 0.3 is 5.95 Å². The number of aryl methyl sites for hydroxylation is 1. The SMILES string of the molecule is CC/C=C(/C=C/c1ccc(N(C)CCSSCCN(C)c2ccc(/C=C/c3cc(C)[n+](CC)c(F)c3)cc2)cc1)\C=C(\F)NCC. The first-order chi connectivity index (χ1) is 22.2. The molecule has 0 saturated carbocycles. The van der Waals surface area contributed by atoms with E-state index < -0.39 is 0 Å². The van der Waals surface area contributed by atoms with Crippen LogP contribution in [0.2, 0.25) is 0 Å². The van der Waals surface area contributed by atoms with Crippen LogP contribution in [0.5, 0.6) is 0 Å². The second kappa shape index (κ2) is 19.9. The first-order valence-corrected chi connectivity index (χ1v) is 18.5. The summed E-state index contributed by atoms with van der Waals surface area (Å²) in [6.07, 6.45) is 12.4. The summed E-state index contributed by atoms with van der Waals surface area (Å²) in [7, 11) is 8.06. The lowest BCUT2D eigenvalue weighted by Crippen LogP contribution is -2.40. The highest BCUT2D eigenvalue weighted by Gasteiger charge is 2.12. The lowest BCUT2D eigenvalue weighted by Gasteiger charge is -2.20. The van der Waals surface area contributed by atoms with Crippen molar-refractivity contribution in [2.75, 3.05) is 55.0 Å². The number of pyridine rings is 1. The van der Waals surface area contributed by atoms with E-state index in [1.165, 1.54) is 17.5 Å². The standard InChI is InChI=1S/C38H49F2N4S2/c1-7-10-33(28-37(39)41-8-2)13-11-31-15-19-35(20-16-31)42(5)23-25-45-46-26-24-43(6)36-21-17-32(18-22-36)12-14-34-27-30(4)44(9-3)38(40)29-34/h10-22,27-29,41H,7-9,23-26H2,1-6H3/q+1/b13-11+,33-10-,37-28-. The van der Waals surface area contributed by atoms with Crippen LogP contribution >= 0.6 is 21.6 Å². The molecule has 0 atom stereocenters. The summed E-state index contributed by atoms with van der Waals surface area (Å²) in [5.41, 5.74) is 7.17. The molecular weight excluding hydrogens is 615 g/mol. The average Bonchev–Trinajstić information content (AvgIpc) is 3.04. The molecule has 3 rings (SSSR count). The van der Waals surface area contributed by atoms with Gasteiger partial charge in [-0.15, -0.1) is 4.39 Å². The van der Waals surface area contributed by atoms with Crippen molar-refractivity contribution in [2.45, 2.75) is 40.7 Å². The molecule has 1 heterocycles. The van der Waals surface area contributed by atoms with E-state index in [0.29, 0.717) is 13.1 Å². The maximum Gasteiger partial charge on any atom is 0.360 e. The number of allylic oxidation sites excluding steroid dienone is 4. The second-order valence-electron chi connectivity index (χ2n) is 11.0. The molecule has 0 radical (unpaired) electrons. The molecule has 8 heteroatoms. The van der Waals surface area contributed by atoms with Gasteiger partial charge in [-0.25, -0.2) is 0 Å². The number of benzene rings is 2. The highest BCUT2D eigenvalue weighted by atomic mass is 33.1. The molecule has 1 N–H and O–H groups in total. The van der Waals surface area contributed by atoms with E-state index in [1.807, 2.05) is 85.7 Å². The van der Waals surface area contributed by atoms with Crippen LogP contribution in [0.1, 0.15) is 49.6 Å². The van der Waals surface area contributed by atoms with Gasteiger partial charge in [0.05, 0.1) is 0 Å². The first-order valence-electron chi connectivity index (χ1n) is 16.0. The zero-order chi connectivity index (χ0) is 33.3. The Hall–Kier alpha value is -3.49. The molecule has 0 aliphatic carbocycles. The molecule has 0 aliphatic rings. The minimum Gasteiger partial charge on any atom is -0.374 e. The van der Waals surface area contributed by atoms with Crippen molar-refractivity contribution in [3.63, 3.8) is 0 Å². The van der Waals surface area contributed by atoms with E-state index >= 15 is 0 Å². The number of hydrogen-bond donors (Lipinski definition) is 1. The predicted molar refractivity (Wildman–Crippen MR) is 201 cm³/mol. The van der Waals surface area contributed by atoms with Gasteiger partial charge in [-0.3, -0.25) is 0 Å². The highest BCUT2D eigenvalue weighted by Crippen LogP contribution is 2.24. The van der Waals surface area contributed by atoms with Crippen molar-refractivity contribution in [3.8, 4) is 0 Å². The largest absolute Gasteiger partial charge is 0.374 e. The lowest BCUT2D eigenvalue weighted by atomic mass is 10.1. The molecule has 4 nitrogen and oxygen atoms in total. The Labute approximate surface area is 283 Å². The zero-order valence-corrected chi connectivity index (χ0v) is 29.7. The second-order valence-corrected chi connectivity index (χ2v) is 13.7. The maximum absolute atomic E-state index is 14.3. The van der Waals surface area contributed by atoms with Crippen molar-refractivity contribution in [1.29, 1.82) is 0 Å². The van der Waals surface area contributed by atoms with Crippen LogP contribution in [0.25, 0.3) is 18.2 Å². The maximum atomic E-state index is 14.3. The predicted octanol–water partition coefficient (Wildman–Crippen LogP) is 9.34. The van der Waals surface area contributed by atoms with Crippen molar-refractivity contribution >= 4 is 51.2 Å². The van der Waals surface area contributed by atoms with E-state index in [4.69, 9.17) is 0 Å². The third-order valence-corrected chi connectivity index (χ3v) is 9.81. The summed E-state index contributed by atoms with van der Waals surface area (Å²) in [4.78, 5) is 4.55. The van der Waals surface area contributed by atoms with Crippen LogP contribution in [0, 0.1) is 12.9 Å². The van der Waals surface area contributed by atoms with Gasteiger partial charge < -0.3 is 15.1 Å². The van der Waals surface area contributed by atoms with Gasteiger partial charge in [-0.05, 0) is 72.9 Å². The van der Waals surface area contributed by atoms with E-state index in [-0.39, 0.29) is 11.9 Å². The summed E-state index contributed by atoms with van der Waals surface area (Å²) in [6.45, 7) is 10.9. The molecule has 0 aliphatic heterocycles. The smallest absolute Gasteiger partial charge is 0.360 e. The summed E-state index contributed by atoms with van der Waals surface area (Å²) in [5.74, 6) is 1.55. The summed E-state index contributed by atoms with van der Waals surface area (Å²) in [6, 6.07) is 20.5. The van der Waals surface area contributed by atoms with Crippen LogP contribution in [0.4, 0.5) is 20.2 Å². The number of halogens is 2. The fourth-order valence-electron chi connectivity index (χ4n) is 4.81. The van der Waals surface area contributed by atoms with Crippen LogP contribution in [-0.4, -0.2) is 45.2 Å². The Morgan fingerprint density at radius 3 is 1.85 bits per heavy atom. The third-order valence-electron chi connectivity index (χ3n) is 7.45. The molecule has 0 fully saturated rings. The van der Waals surface area contributed by atoms with Crippen molar-refractivity contribution in [1.82, 2.24) is 5.32 Å². The lowest BCUT2D eigenvalue weighted by molar-refractivity contribution is -0.726. The van der Waals surface area contributed by atoms with E-state index in [9.17, 15) is 8.78 Å². The van der Waals surface area contributed by atoms with Crippen molar-refractivity contribution < 1.29 is 13.3 Å². The van der Waals surface area contributed by atoms with Gasteiger partial charge in [0, 0.05) is 75.7 Å². The molecule has 0 amide bonds. The van der Waals surface area contributed by atoms with Crippen LogP contribution in [-0.2, 0) is 6.54 Å². The van der Waals surface area contributed by atoms with Crippen LogP contribution in [0.15, 0.2) is 90.4 Å². The van der Waals surface area contributed by atoms with E-state index in [1.54, 1.807) is 10.6 Å². The Kier molecular flexibility index (Phi) is 16.0. The summed E-state index contributed by atoms with van der Waals surface area (Å²) < 4.78 is 29.8. The number of rotatable bonds is 18. The van der Waals surface area contributed by atoms with E-state index in [0.717, 1.165) is 59.0 Å². The topological polar surface area (TPSA) is 22.4 Å². The highest BCUT2D eigenvalue weighted by molar-refractivity contribution is 8.76. The van der Waals surface area contributed by atoms with Crippen LogP contribution in [0.3, 0.4) is 0 Å². The fourth-order valence-corrected chi connectivity index (χ4v) is 6.89. The van der Waals surface area contributed by atoms with E-state index in [2.05, 4.69) is 77.7 Å². The molecule has 0 unspecified atom stereocenters. The Balaban J connectivity index is 1.37. The van der Waals surface area contributed by atoms with Crippen LogP contribution < -0.4 is 19.7 Å². The van der Waals surface area contributed by atoms with Gasteiger partial charge in [-0.1, -0.05) is 83.2 Å². The number of aromatic nitrogens is 1. The molecule has 3 aromatic rings. The monoisotopic (exact) mass is 663 g/mol. The summed E-state index contributed by atoms with van der Waals surface area (Å²) >= 11 is 0. The van der Waals surface area contributed by atoms with Crippen molar-refractivity contribution in [3.05, 3.63) is 119 Å². The Morgan fingerprint density at radius 1 is 0.804 bits per heavy atom. The molecule has 0 bridgehead atoms. The Bertz CT molecular complexity index is 1460. The normalized spacial score (nSPS) is 12.3. The van der Waals surface area contributed by atoms with Gasteiger partial charge in [0.25, 0.3) is 0 Å². The Morgan fingerprint density at radius 2 is 1.35 bits per heavy atom. The van der Waals surface area contributed by atoms with Gasteiger partial charge in [0.15, 0.2) is 11.6 Å². The number of nitrogens with zero attached hydrogens (tertiary/aromatic N) is 3. The minimum absolute atomic E-state index is 0.208. The minimum atomic E-state index is -0.314. The molecule has 0 saturated heterocycles. The molecule has 0 spiro atoms. The molecule has 246 valence electrons. The molecule has 2 aromatic carbocycles. The molecule has 1 aromatic heterocycles. The summed E-state index contributed by atoms with van der Waals surface area (Å²) in [5, 5.41) is 2.70. The molecular formula is C38H49F2N4S2+. The van der Waals surface area contributed by atoms with Gasteiger partial charge in [-0.2, -0.15) is 8.96 Å². The number of hydrogen-bond acceptors (Lipinski definition) is 5. The van der Waals surface area contributed by atoms with Gasteiger partial charge in [0.2, 0.25) is 0 Å². The molecule has 46 heavy (non-hydrogen) atoms. The zero-order valence-electron chi connectivity index (χ0n) is 28.1. The number of anilines is 2. The quantitative estimate of drug-likeness (QED) is 0.0365. The average molecular weight is 664 g/mol.